The van der Waals surface area contributed by atoms with E-state index < -0.39 is 6.09 Å². The Morgan fingerprint density at radius 3 is 2.33 bits per heavy atom. The number of amides is 1. The van der Waals surface area contributed by atoms with Crippen LogP contribution >= 0.6 is 0 Å². The third-order valence-electron chi connectivity index (χ3n) is 4.05. The summed E-state index contributed by atoms with van der Waals surface area (Å²) in [6.45, 7) is 4.07. The molecular weight excluding hydrogens is 266 g/mol. The molecule has 4 heteroatoms. The second-order valence-corrected chi connectivity index (χ2v) is 5.79. The predicted molar refractivity (Wildman–Crippen MR) is 81.6 cm³/mol. The number of Topliss-reactive ketones (excluding diaryl/α,β-unsaturated/α-hetero) is 1. The zero-order valence-corrected chi connectivity index (χ0v) is 12.7. The molecule has 0 radical (unpaired) electrons. The Kier molecular flexibility index (Phi) is 5.37. The van der Waals surface area contributed by atoms with Crippen molar-refractivity contribution >= 4 is 11.9 Å². The van der Waals surface area contributed by atoms with Gasteiger partial charge in [-0.15, -0.1) is 0 Å². The van der Waals surface area contributed by atoms with E-state index in [-0.39, 0.29) is 11.8 Å². The molecule has 21 heavy (non-hydrogen) atoms. The molecule has 1 N–H and O–H groups in total. The second kappa shape index (κ2) is 7.25. The number of benzene rings is 1. The predicted octanol–water partition coefficient (Wildman–Crippen LogP) is 3.95. The molecule has 0 saturated heterocycles. The van der Waals surface area contributed by atoms with Crippen LogP contribution in [0.25, 0.3) is 0 Å². The first-order valence-electron chi connectivity index (χ1n) is 7.70. The fourth-order valence-corrected chi connectivity index (χ4v) is 2.62. The SMILES string of the molecule is CCC(=O)c1ccc(OC(=O)NC2CCC(C)CC2)cc1. The van der Waals surface area contributed by atoms with E-state index in [2.05, 4.69) is 12.2 Å². The monoisotopic (exact) mass is 289 g/mol. The lowest BCUT2D eigenvalue weighted by molar-refractivity contribution is 0.0988. The van der Waals surface area contributed by atoms with Crippen molar-refractivity contribution in [2.75, 3.05) is 0 Å². The van der Waals surface area contributed by atoms with E-state index in [1.165, 1.54) is 0 Å². The lowest BCUT2D eigenvalue weighted by atomic mass is 9.87. The van der Waals surface area contributed by atoms with Crippen molar-refractivity contribution in [1.29, 1.82) is 0 Å². The van der Waals surface area contributed by atoms with Crippen molar-refractivity contribution < 1.29 is 14.3 Å². The largest absolute Gasteiger partial charge is 0.412 e. The topological polar surface area (TPSA) is 55.4 Å². The molecule has 1 amide bonds. The highest BCUT2D eigenvalue weighted by Gasteiger charge is 2.20. The van der Waals surface area contributed by atoms with E-state index in [0.29, 0.717) is 17.7 Å². The zero-order valence-electron chi connectivity index (χ0n) is 12.7. The third-order valence-corrected chi connectivity index (χ3v) is 4.05. The number of carbonyl (C=O) groups excluding carboxylic acids is 2. The molecule has 1 aromatic carbocycles. The van der Waals surface area contributed by atoms with Gasteiger partial charge in [0.05, 0.1) is 0 Å². The van der Waals surface area contributed by atoms with Crippen LogP contribution in [0, 0.1) is 5.92 Å². The van der Waals surface area contributed by atoms with Crippen LogP contribution in [0.5, 0.6) is 5.75 Å². The van der Waals surface area contributed by atoms with Gasteiger partial charge in [-0.3, -0.25) is 4.79 Å². The first-order valence-corrected chi connectivity index (χ1v) is 7.70. The van der Waals surface area contributed by atoms with Gasteiger partial charge in [-0.25, -0.2) is 4.79 Å². The molecule has 4 nitrogen and oxygen atoms in total. The van der Waals surface area contributed by atoms with E-state index in [1.807, 2.05) is 6.92 Å². The molecule has 1 aliphatic rings. The fourth-order valence-electron chi connectivity index (χ4n) is 2.62. The van der Waals surface area contributed by atoms with Crippen LogP contribution < -0.4 is 10.1 Å². The average molecular weight is 289 g/mol. The van der Waals surface area contributed by atoms with Crippen LogP contribution in [-0.2, 0) is 0 Å². The highest BCUT2D eigenvalue weighted by Crippen LogP contribution is 2.23. The van der Waals surface area contributed by atoms with E-state index in [0.717, 1.165) is 31.6 Å². The van der Waals surface area contributed by atoms with E-state index in [1.54, 1.807) is 24.3 Å². The summed E-state index contributed by atoms with van der Waals surface area (Å²) in [5, 5.41) is 2.91. The normalized spacial score (nSPS) is 21.6. The smallest absolute Gasteiger partial charge is 0.410 e. The van der Waals surface area contributed by atoms with Gasteiger partial charge < -0.3 is 10.1 Å². The molecule has 1 aliphatic carbocycles. The van der Waals surface area contributed by atoms with Crippen LogP contribution in [0.15, 0.2) is 24.3 Å². The molecule has 1 saturated carbocycles. The van der Waals surface area contributed by atoms with Crippen LogP contribution in [0.4, 0.5) is 4.79 Å². The number of ketones is 1. The minimum Gasteiger partial charge on any atom is -0.410 e. The molecule has 0 spiro atoms. The first kappa shape index (κ1) is 15.5. The summed E-state index contributed by atoms with van der Waals surface area (Å²) >= 11 is 0. The van der Waals surface area contributed by atoms with E-state index >= 15 is 0 Å². The Hall–Kier alpha value is -1.84. The average Bonchev–Trinajstić information content (AvgIpc) is 2.49. The van der Waals surface area contributed by atoms with E-state index in [4.69, 9.17) is 4.74 Å². The molecule has 0 heterocycles. The maximum atomic E-state index is 11.8. The number of hydrogen-bond donors (Lipinski definition) is 1. The standard InChI is InChI=1S/C17H23NO3/c1-3-16(19)13-6-10-15(11-7-13)21-17(20)18-14-8-4-12(2)5-9-14/h6-7,10-12,14H,3-5,8-9H2,1-2H3,(H,18,20). The number of hydrogen-bond acceptors (Lipinski definition) is 3. The molecule has 0 unspecified atom stereocenters. The second-order valence-electron chi connectivity index (χ2n) is 5.79. The highest BCUT2D eigenvalue weighted by atomic mass is 16.6. The Morgan fingerprint density at radius 2 is 1.76 bits per heavy atom. The van der Waals surface area contributed by atoms with Crippen LogP contribution in [0.1, 0.15) is 56.3 Å². The van der Waals surface area contributed by atoms with Gasteiger partial charge in [-0.1, -0.05) is 13.8 Å². The van der Waals surface area contributed by atoms with Crippen LogP contribution in [0.3, 0.4) is 0 Å². The molecule has 0 aliphatic heterocycles. The maximum absolute atomic E-state index is 11.8. The fraction of sp³-hybridized carbons (Fsp3) is 0.529. The van der Waals surface area contributed by atoms with Crippen molar-refractivity contribution in [2.24, 2.45) is 5.92 Å². The summed E-state index contributed by atoms with van der Waals surface area (Å²) in [7, 11) is 0. The molecule has 1 aromatic rings. The number of rotatable bonds is 4. The summed E-state index contributed by atoms with van der Waals surface area (Å²) < 4.78 is 5.25. The van der Waals surface area contributed by atoms with Gasteiger partial charge in [0.2, 0.25) is 0 Å². The number of carbonyl (C=O) groups is 2. The molecule has 0 atom stereocenters. The van der Waals surface area contributed by atoms with Crippen LogP contribution in [-0.4, -0.2) is 17.9 Å². The number of nitrogens with one attached hydrogen (secondary N) is 1. The molecule has 0 aromatic heterocycles. The summed E-state index contributed by atoms with van der Waals surface area (Å²) in [6.07, 6.45) is 4.39. The van der Waals surface area contributed by atoms with Gasteiger partial charge in [0.25, 0.3) is 0 Å². The van der Waals surface area contributed by atoms with Gasteiger partial charge in [0, 0.05) is 18.0 Å². The molecule has 114 valence electrons. The highest BCUT2D eigenvalue weighted by molar-refractivity contribution is 5.95. The molecule has 0 bridgehead atoms. The first-order chi connectivity index (χ1) is 10.1. The Bertz CT molecular complexity index is 487. The van der Waals surface area contributed by atoms with Crippen molar-refractivity contribution in [3.8, 4) is 5.75 Å². The summed E-state index contributed by atoms with van der Waals surface area (Å²) in [4.78, 5) is 23.4. The Labute approximate surface area is 125 Å². The van der Waals surface area contributed by atoms with Gasteiger partial charge >= 0.3 is 6.09 Å². The molecule has 2 rings (SSSR count). The van der Waals surface area contributed by atoms with Crippen molar-refractivity contribution in [1.82, 2.24) is 5.32 Å². The molecular formula is C17H23NO3. The van der Waals surface area contributed by atoms with Gasteiger partial charge in [-0.05, 0) is 55.9 Å². The van der Waals surface area contributed by atoms with E-state index in [9.17, 15) is 9.59 Å². The molecule has 1 fully saturated rings. The minimum atomic E-state index is -0.413. The maximum Gasteiger partial charge on any atom is 0.412 e. The minimum absolute atomic E-state index is 0.0855. The van der Waals surface area contributed by atoms with Crippen molar-refractivity contribution in [3.05, 3.63) is 29.8 Å². The summed E-state index contributed by atoms with van der Waals surface area (Å²) in [5.74, 6) is 1.30. The van der Waals surface area contributed by atoms with Gasteiger partial charge in [0.1, 0.15) is 5.75 Å². The lowest BCUT2D eigenvalue weighted by Gasteiger charge is -2.26. The lowest BCUT2D eigenvalue weighted by Crippen LogP contribution is -2.39. The van der Waals surface area contributed by atoms with Crippen LogP contribution in [0.2, 0.25) is 0 Å². The Balaban J connectivity index is 1.83. The summed E-state index contributed by atoms with van der Waals surface area (Å²) in [6, 6.07) is 6.92. The van der Waals surface area contributed by atoms with Crippen molar-refractivity contribution in [3.63, 3.8) is 0 Å². The van der Waals surface area contributed by atoms with Gasteiger partial charge in [-0.2, -0.15) is 0 Å². The number of ether oxygens (including phenoxy) is 1. The summed E-state index contributed by atoms with van der Waals surface area (Å²) in [5.41, 5.74) is 0.645. The quantitative estimate of drug-likeness (QED) is 0.854. The van der Waals surface area contributed by atoms with Gasteiger partial charge in [0.15, 0.2) is 5.78 Å². The Morgan fingerprint density at radius 1 is 1.14 bits per heavy atom. The zero-order chi connectivity index (χ0) is 15.2. The van der Waals surface area contributed by atoms with Crippen molar-refractivity contribution in [2.45, 2.75) is 52.0 Å². The third kappa shape index (κ3) is 4.59.